The minimum absolute atomic E-state index is 0.252. The molecule has 2 heteroatoms. The van der Waals surface area contributed by atoms with Crippen LogP contribution in [0.15, 0.2) is 152 Å². The lowest BCUT2D eigenvalue weighted by molar-refractivity contribution is 0.375. The molecule has 0 fully saturated rings. The molecule has 6 aromatic carbocycles. The Balaban J connectivity index is 1.36. The predicted molar refractivity (Wildman–Crippen MR) is 176 cm³/mol. The third kappa shape index (κ3) is 2.88. The van der Waals surface area contributed by atoms with Crippen molar-refractivity contribution in [2.75, 3.05) is 0 Å². The number of fused-ring (bicyclic) bond motifs is 13. The van der Waals surface area contributed by atoms with Gasteiger partial charge in [-0.25, -0.2) is 0 Å². The van der Waals surface area contributed by atoms with Gasteiger partial charge < -0.3 is 9.30 Å². The zero-order valence-corrected chi connectivity index (χ0v) is 23.4. The summed E-state index contributed by atoms with van der Waals surface area (Å²) in [6.45, 7) is 0. The van der Waals surface area contributed by atoms with Gasteiger partial charge in [-0.3, -0.25) is 0 Å². The molecular weight excluding hydrogens is 522 g/mol. The monoisotopic (exact) mass is 549 g/mol. The molecule has 3 atom stereocenters. The number of aromatic nitrogens is 1. The number of hydrogen-bond donors (Lipinski definition) is 0. The van der Waals surface area contributed by atoms with Crippen molar-refractivity contribution < 1.29 is 4.74 Å². The highest BCUT2D eigenvalue weighted by atomic mass is 16.5. The quantitative estimate of drug-likeness (QED) is 0.199. The lowest BCUT2D eigenvalue weighted by atomic mass is 9.62. The van der Waals surface area contributed by atoms with Crippen LogP contribution in [0.3, 0.4) is 0 Å². The fourth-order valence-electron chi connectivity index (χ4n) is 8.49. The number of nitrogens with zero attached hydrogens (tertiary/aromatic N) is 1. The smallest absolute Gasteiger partial charge is 0.134 e. The van der Waals surface area contributed by atoms with Crippen molar-refractivity contribution in [1.82, 2.24) is 4.57 Å². The van der Waals surface area contributed by atoms with Crippen LogP contribution in [0, 0.1) is 5.92 Å². The minimum Gasteiger partial charge on any atom is -0.457 e. The van der Waals surface area contributed by atoms with Crippen LogP contribution in [0.2, 0.25) is 0 Å². The second-order valence-corrected chi connectivity index (χ2v) is 12.0. The molecule has 0 saturated heterocycles. The Bertz CT molecular complexity index is 2350. The summed E-state index contributed by atoms with van der Waals surface area (Å²) in [6, 6.07) is 46.6. The van der Waals surface area contributed by atoms with Gasteiger partial charge in [0.05, 0.1) is 22.1 Å². The number of para-hydroxylation sites is 2. The van der Waals surface area contributed by atoms with Gasteiger partial charge in [-0.1, -0.05) is 121 Å². The molecule has 43 heavy (non-hydrogen) atoms. The van der Waals surface area contributed by atoms with Crippen LogP contribution in [-0.2, 0) is 5.41 Å². The molecule has 0 saturated carbocycles. The van der Waals surface area contributed by atoms with Crippen LogP contribution < -0.4 is 4.74 Å². The Hall–Kier alpha value is -5.34. The van der Waals surface area contributed by atoms with Crippen molar-refractivity contribution in [3.8, 4) is 17.2 Å². The molecule has 10 rings (SSSR count). The van der Waals surface area contributed by atoms with Crippen LogP contribution >= 0.6 is 0 Å². The van der Waals surface area contributed by atoms with Crippen LogP contribution in [0.1, 0.15) is 28.2 Å². The highest BCUT2D eigenvalue weighted by molar-refractivity contribution is 6.11. The van der Waals surface area contributed by atoms with E-state index in [4.69, 9.17) is 4.74 Å². The van der Waals surface area contributed by atoms with Gasteiger partial charge in [0.2, 0.25) is 0 Å². The highest BCUT2D eigenvalue weighted by Gasteiger charge is 2.56. The largest absolute Gasteiger partial charge is 0.457 e. The number of rotatable bonds is 1. The van der Waals surface area contributed by atoms with Crippen LogP contribution in [0.25, 0.3) is 38.3 Å². The van der Waals surface area contributed by atoms with Crippen LogP contribution in [0.4, 0.5) is 0 Å². The predicted octanol–water partition coefficient (Wildman–Crippen LogP) is 10.2. The summed E-state index contributed by atoms with van der Waals surface area (Å²) >= 11 is 0. The van der Waals surface area contributed by atoms with Gasteiger partial charge >= 0.3 is 0 Å². The molecule has 0 amide bonds. The van der Waals surface area contributed by atoms with E-state index >= 15 is 0 Å². The molecule has 0 radical (unpaired) electrons. The Morgan fingerprint density at radius 3 is 2.23 bits per heavy atom. The van der Waals surface area contributed by atoms with Crippen molar-refractivity contribution in [3.63, 3.8) is 0 Å². The van der Waals surface area contributed by atoms with E-state index in [1.54, 1.807) is 0 Å². The number of benzene rings is 6. The van der Waals surface area contributed by atoms with Crippen molar-refractivity contribution in [3.05, 3.63) is 174 Å². The lowest BCUT2D eigenvalue weighted by Crippen LogP contribution is -2.37. The Labute approximate surface area is 249 Å². The van der Waals surface area contributed by atoms with Gasteiger partial charge in [0.25, 0.3) is 0 Å². The number of hydrogen-bond acceptors (Lipinski definition) is 1. The van der Waals surface area contributed by atoms with Gasteiger partial charge in [0.1, 0.15) is 11.5 Å². The molecule has 1 spiro atoms. The maximum atomic E-state index is 6.89. The lowest BCUT2D eigenvalue weighted by Gasteiger charge is -2.43. The fraction of sp³-hybridized carbons (Fsp3) is 0.0732. The Kier molecular flexibility index (Phi) is 4.52. The van der Waals surface area contributed by atoms with Crippen molar-refractivity contribution in [2.24, 2.45) is 5.92 Å². The van der Waals surface area contributed by atoms with Gasteiger partial charge in [-0.05, 0) is 40.8 Å². The van der Waals surface area contributed by atoms with E-state index < -0.39 is 0 Å². The molecule has 2 heterocycles. The first-order valence-electron chi connectivity index (χ1n) is 15.1. The number of ether oxygens (including phenoxy) is 1. The van der Waals surface area contributed by atoms with E-state index in [1.807, 2.05) is 0 Å². The molecule has 202 valence electrons. The van der Waals surface area contributed by atoms with Crippen molar-refractivity contribution in [2.45, 2.75) is 11.3 Å². The molecule has 0 N–H and O–H groups in total. The second-order valence-electron chi connectivity index (χ2n) is 12.0. The van der Waals surface area contributed by atoms with Crippen molar-refractivity contribution in [1.29, 1.82) is 0 Å². The second kappa shape index (κ2) is 8.36. The maximum absolute atomic E-state index is 6.89. The van der Waals surface area contributed by atoms with Gasteiger partial charge in [-0.15, -0.1) is 0 Å². The molecule has 1 aromatic heterocycles. The van der Waals surface area contributed by atoms with E-state index in [1.165, 1.54) is 55.0 Å². The number of allylic oxidation sites excluding steroid dienone is 4. The molecule has 0 bridgehead atoms. The average molecular weight is 550 g/mol. The third-order valence-corrected chi connectivity index (χ3v) is 10.1. The molecule has 3 aliphatic rings. The minimum atomic E-state index is -0.358. The molecule has 3 unspecified atom stereocenters. The third-order valence-electron chi connectivity index (χ3n) is 10.1. The SMILES string of the molecule is C1=CC2c3ccccc3C3(c4ccccc4Oc4cc5c(cc43)c3ccccc3n5-c3cccc4ccccc34)C2C=C1. The van der Waals surface area contributed by atoms with Crippen LogP contribution in [0.5, 0.6) is 11.5 Å². The van der Waals surface area contributed by atoms with E-state index in [0.717, 1.165) is 17.0 Å². The van der Waals surface area contributed by atoms with Crippen molar-refractivity contribution >= 4 is 32.6 Å². The van der Waals surface area contributed by atoms with E-state index in [9.17, 15) is 0 Å². The summed E-state index contributed by atoms with van der Waals surface area (Å²) in [7, 11) is 0. The molecule has 1 aliphatic heterocycles. The summed E-state index contributed by atoms with van der Waals surface area (Å²) in [5.74, 6) is 2.45. The molecule has 2 nitrogen and oxygen atoms in total. The Morgan fingerprint density at radius 2 is 1.28 bits per heavy atom. The first-order chi connectivity index (χ1) is 21.3. The van der Waals surface area contributed by atoms with E-state index in [-0.39, 0.29) is 11.3 Å². The van der Waals surface area contributed by atoms with Crippen LogP contribution in [-0.4, -0.2) is 4.57 Å². The van der Waals surface area contributed by atoms with Gasteiger partial charge in [0.15, 0.2) is 0 Å². The maximum Gasteiger partial charge on any atom is 0.134 e. The topological polar surface area (TPSA) is 14.2 Å². The zero-order chi connectivity index (χ0) is 28.1. The molecule has 7 aromatic rings. The van der Waals surface area contributed by atoms with Gasteiger partial charge in [-0.2, -0.15) is 0 Å². The molecular formula is C41H27NO. The van der Waals surface area contributed by atoms with E-state index in [0.29, 0.717) is 5.92 Å². The first-order valence-corrected chi connectivity index (χ1v) is 15.1. The fourth-order valence-corrected chi connectivity index (χ4v) is 8.49. The first kappa shape index (κ1) is 23.2. The highest BCUT2D eigenvalue weighted by Crippen LogP contribution is 2.65. The summed E-state index contributed by atoms with van der Waals surface area (Å²) in [5, 5.41) is 4.98. The Morgan fingerprint density at radius 1 is 0.535 bits per heavy atom. The standard InChI is InChI=1S/C41H27NO/c1-2-14-27-26(12-1)13-11-22-36(27)42-37-21-9-5-17-30(37)31-24-35-40(25-38(31)42)43-39-23-10-8-20-34(39)41(35)32-18-6-3-15-28(32)29-16-4-7-19-33(29)41/h1-25,28,32H. The zero-order valence-electron chi connectivity index (χ0n) is 23.4. The van der Waals surface area contributed by atoms with E-state index in [2.05, 4.69) is 156 Å². The summed E-state index contributed by atoms with van der Waals surface area (Å²) < 4.78 is 9.31. The summed E-state index contributed by atoms with van der Waals surface area (Å²) in [6.07, 6.45) is 9.27. The normalized spacial score (nSPS) is 21.1. The summed E-state index contributed by atoms with van der Waals surface area (Å²) in [4.78, 5) is 0. The summed E-state index contributed by atoms with van der Waals surface area (Å²) in [5.41, 5.74) is 8.48. The average Bonchev–Trinajstić information content (AvgIpc) is 3.54. The van der Waals surface area contributed by atoms with Gasteiger partial charge in [0, 0.05) is 45.2 Å². The molecule has 2 aliphatic carbocycles.